The minimum Gasteiger partial charge on any atom is -0.360 e. The molecule has 23 heavy (non-hydrogen) atoms. The highest BCUT2D eigenvalue weighted by molar-refractivity contribution is 7.80. The summed E-state index contributed by atoms with van der Waals surface area (Å²) in [5, 5.41) is 6.97. The predicted octanol–water partition coefficient (Wildman–Crippen LogP) is 1.42. The molecule has 5 nitrogen and oxygen atoms in total. The molecule has 2 fully saturated rings. The summed E-state index contributed by atoms with van der Waals surface area (Å²) >= 11 is 5.40. The summed E-state index contributed by atoms with van der Waals surface area (Å²) in [4.78, 5) is 16.3. The number of hydrogen-bond acceptors (Lipinski definition) is 3. The first-order valence-corrected chi connectivity index (χ1v) is 8.34. The number of thiocarbonyl (C=S) groups is 1. The Morgan fingerprint density at radius 3 is 2.43 bits per heavy atom. The summed E-state index contributed by atoms with van der Waals surface area (Å²) in [6, 6.07) is 6.37. The zero-order valence-electron chi connectivity index (χ0n) is 12.9. The lowest BCUT2D eigenvalue weighted by molar-refractivity contribution is -0.117. The summed E-state index contributed by atoms with van der Waals surface area (Å²) in [5.41, 5.74) is 0.616. The lowest BCUT2D eigenvalue weighted by atomic mass is 10.3. The number of hydrogen-bond donors (Lipinski definition) is 2. The number of nitrogens with zero attached hydrogens (tertiary/aromatic N) is 2. The first-order valence-electron chi connectivity index (χ1n) is 7.93. The Kier molecular flexibility index (Phi) is 5.07. The normalized spacial score (nSPS) is 18.6. The van der Waals surface area contributed by atoms with E-state index >= 15 is 0 Å². The topological polar surface area (TPSA) is 47.6 Å². The zero-order chi connectivity index (χ0) is 16.2. The summed E-state index contributed by atoms with van der Waals surface area (Å²) in [6.45, 7) is 3.63. The fourth-order valence-corrected chi connectivity index (χ4v) is 2.89. The highest BCUT2D eigenvalue weighted by Crippen LogP contribution is 2.19. The Bertz CT molecular complexity index is 568. The van der Waals surface area contributed by atoms with Gasteiger partial charge in [-0.25, -0.2) is 4.39 Å². The van der Waals surface area contributed by atoms with E-state index in [1.54, 1.807) is 12.1 Å². The minimum atomic E-state index is -0.310. The van der Waals surface area contributed by atoms with Crippen LogP contribution in [-0.4, -0.2) is 59.6 Å². The Balaban J connectivity index is 1.40. The molecule has 1 heterocycles. The van der Waals surface area contributed by atoms with Gasteiger partial charge in [0.1, 0.15) is 5.82 Å². The molecule has 7 heteroatoms. The molecule has 0 aromatic heterocycles. The summed E-state index contributed by atoms with van der Waals surface area (Å²) in [7, 11) is 0. The van der Waals surface area contributed by atoms with Crippen molar-refractivity contribution >= 4 is 28.9 Å². The van der Waals surface area contributed by atoms with Gasteiger partial charge in [0.25, 0.3) is 0 Å². The van der Waals surface area contributed by atoms with E-state index in [1.165, 1.54) is 25.0 Å². The van der Waals surface area contributed by atoms with E-state index < -0.39 is 0 Å². The molecule has 0 atom stereocenters. The van der Waals surface area contributed by atoms with Crippen LogP contribution in [0.4, 0.5) is 10.1 Å². The largest absolute Gasteiger partial charge is 0.360 e. The second-order valence-corrected chi connectivity index (χ2v) is 6.43. The molecule has 1 saturated heterocycles. The van der Waals surface area contributed by atoms with Gasteiger partial charge in [0.2, 0.25) is 5.91 Å². The second-order valence-electron chi connectivity index (χ2n) is 6.04. The van der Waals surface area contributed by atoms with Crippen LogP contribution in [0.1, 0.15) is 12.8 Å². The van der Waals surface area contributed by atoms with Crippen molar-refractivity contribution in [1.29, 1.82) is 0 Å². The summed E-state index contributed by atoms with van der Waals surface area (Å²) in [6.07, 6.45) is 2.42. The number of nitrogens with one attached hydrogen (secondary N) is 2. The summed E-state index contributed by atoms with van der Waals surface area (Å²) < 4.78 is 12.8. The molecule has 3 rings (SSSR count). The van der Waals surface area contributed by atoms with Gasteiger partial charge in [-0.2, -0.15) is 0 Å². The van der Waals surface area contributed by atoms with Crippen molar-refractivity contribution in [3.05, 3.63) is 30.1 Å². The molecule has 1 amide bonds. The fraction of sp³-hybridized carbons (Fsp3) is 0.500. The monoisotopic (exact) mass is 336 g/mol. The molecular weight excluding hydrogens is 315 g/mol. The van der Waals surface area contributed by atoms with Crippen molar-refractivity contribution in [3.63, 3.8) is 0 Å². The van der Waals surface area contributed by atoms with Crippen molar-refractivity contribution in [3.8, 4) is 0 Å². The number of carbonyl (C=O) groups is 1. The van der Waals surface area contributed by atoms with Gasteiger partial charge < -0.3 is 15.5 Å². The molecule has 0 radical (unpaired) electrons. The lowest BCUT2D eigenvalue weighted by Gasteiger charge is -2.35. The van der Waals surface area contributed by atoms with E-state index in [1.807, 2.05) is 0 Å². The van der Waals surface area contributed by atoms with E-state index in [0.717, 1.165) is 31.3 Å². The molecule has 0 bridgehead atoms. The van der Waals surface area contributed by atoms with Crippen LogP contribution < -0.4 is 10.6 Å². The number of piperazine rings is 1. The molecule has 0 unspecified atom stereocenters. The van der Waals surface area contributed by atoms with Crippen molar-refractivity contribution in [2.75, 3.05) is 38.0 Å². The third kappa shape index (κ3) is 4.87. The van der Waals surface area contributed by atoms with Crippen molar-refractivity contribution in [2.45, 2.75) is 18.9 Å². The molecule has 1 aliphatic heterocycles. The van der Waals surface area contributed by atoms with E-state index in [-0.39, 0.29) is 11.7 Å². The molecule has 1 aromatic carbocycles. The maximum atomic E-state index is 12.8. The van der Waals surface area contributed by atoms with Crippen molar-refractivity contribution in [1.82, 2.24) is 15.1 Å². The van der Waals surface area contributed by atoms with Crippen molar-refractivity contribution < 1.29 is 9.18 Å². The van der Waals surface area contributed by atoms with Gasteiger partial charge in [0, 0.05) is 37.9 Å². The Morgan fingerprint density at radius 1 is 1.17 bits per heavy atom. The third-order valence-corrected chi connectivity index (χ3v) is 4.44. The zero-order valence-corrected chi connectivity index (χ0v) is 13.7. The lowest BCUT2D eigenvalue weighted by Crippen LogP contribution is -2.53. The SMILES string of the molecule is O=C(CN1CCN(C(=S)NC2CC2)CC1)Nc1ccc(F)cc1. The van der Waals surface area contributed by atoms with E-state index in [2.05, 4.69) is 20.4 Å². The van der Waals surface area contributed by atoms with Gasteiger partial charge in [-0.05, 0) is 49.3 Å². The standard InChI is InChI=1S/C16H21FN4OS/c17-12-1-3-13(4-2-12)18-15(22)11-20-7-9-21(10-8-20)16(23)19-14-5-6-14/h1-4,14H,5-11H2,(H,18,22)(H,19,23). The Hall–Kier alpha value is -1.73. The number of halogens is 1. The molecule has 1 aliphatic carbocycles. The van der Waals surface area contributed by atoms with Crippen LogP contribution in [0.2, 0.25) is 0 Å². The summed E-state index contributed by atoms with van der Waals surface area (Å²) in [5.74, 6) is -0.390. The fourth-order valence-electron chi connectivity index (χ4n) is 2.54. The van der Waals surface area contributed by atoms with Gasteiger partial charge >= 0.3 is 0 Å². The number of benzene rings is 1. The van der Waals surface area contributed by atoms with Crippen LogP contribution in [0, 0.1) is 5.82 Å². The van der Waals surface area contributed by atoms with E-state index in [0.29, 0.717) is 18.3 Å². The van der Waals surface area contributed by atoms with Crippen LogP contribution in [0.25, 0.3) is 0 Å². The van der Waals surface area contributed by atoms with Gasteiger partial charge in [-0.1, -0.05) is 0 Å². The molecule has 2 N–H and O–H groups in total. The highest BCUT2D eigenvalue weighted by Gasteiger charge is 2.26. The molecule has 2 aliphatic rings. The van der Waals surface area contributed by atoms with Crippen molar-refractivity contribution in [2.24, 2.45) is 0 Å². The van der Waals surface area contributed by atoms with Gasteiger partial charge in [0.05, 0.1) is 6.54 Å². The molecule has 1 saturated carbocycles. The Labute approximate surface area is 140 Å². The smallest absolute Gasteiger partial charge is 0.238 e. The van der Waals surface area contributed by atoms with Crippen LogP contribution >= 0.6 is 12.2 Å². The van der Waals surface area contributed by atoms with Crippen LogP contribution in [0.3, 0.4) is 0 Å². The molecule has 1 aromatic rings. The maximum Gasteiger partial charge on any atom is 0.238 e. The molecule has 0 spiro atoms. The second kappa shape index (κ2) is 7.23. The first kappa shape index (κ1) is 16.1. The van der Waals surface area contributed by atoms with Gasteiger partial charge in [0.15, 0.2) is 5.11 Å². The van der Waals surface area contributed by atoms with Crippen LogP contribution in [-0.2, 0) is 4.79 Å². The molecule has 124 valence electrons. The highest BCUT2D eigenvalue weighted by atomic mass is 32.1. The minimum absolute atomic E-state index is 0.0799. The quantitative estimate of drug-likeness (QED) is 0.815. The number of anilines is 1. The average molecular weight is 336 g/mol. The number of rotatable bonds is 4. The average Bonchev–Trinajstić information content (AvgIpc) is 3.34. The Morgan fingerprint density at radius 2 is 1.83 bits per heavy atom. The molecular formula is C16H21FN4OS. The number of carbonyl (C=O) groups excluding carboxylic acids is 1. The van der Waals surface area contributed by atoms with E-state index in [9.17, 15) is 9.18 Å². The van der Waals surface area contributed by atoms with E-state index in [4.69, 9.17) is 12.2 Å². The maximum absolute atomic E-state index is 12.8. The predicted molar refractivity (Wildman–Crippen MR) is 91.8 cm³/mol. The third-order valence-electron chi connectivity index (χ3n) is 4.06. The number of amides is 1. The van der Waals surface area contributed by atoms with Gasteiger partial charge in [-0.3, -0.25) is 9.69 Å². The van der Waals surface area contributed by atoms with Crippen LogP contribution in [0.15, 0.2) is 24.3 Å². The van der Waals surface area contributed by atoms with Gasteiger partial charge in [-0.15, -0.1) is 0 Å². The van der Waals surface area contributed by atoms with Crippen LogP contribution in [0.5, 0.6) is 0 Å². The first-order chi connectivity index (χ1) is 11.1.